The van der Waals surface area contributed by atoms with Crippen molar-refractivity contribution in [3.8, 4) is 0 Å². The lowest BCUT2D eigenvalue weighted by Crippen LogP contribution is -2.42. The third kappa shape index (κ3) is 2.85. The topological polar surface area (TPSA) is 67.1 Å². The van der Waals surface area contributed by atoms with E-state index in [1.54, 1.807) is 6.20 Å². The van der Waals surface area contributed by atoms with E-state index in [1.807, 2.05) is 6.92 Å². The number of nitrogen functional groups attached to an aromatic ring is 1. The minimum atomic E-state index is 0.332. The third-order valence-electron chi connectivity index (χ3n) is 3.54. The van der Waals surface area contributed by atoms with E-state index in [0.29, 0.717) is 18.0 Å². The van der Waals surface area contributed by atoms with Gasteiger partial charge in [-0.2, -0.15) is 4.98 Å². The zero-order valence-electron chi connectivity index (χ0n) is 10.8. The summed E-state index contributed by atoms with van der Waals surface area (Å²) in [5.74, 6) is 1.21. The van der Waals surface area contributed by atoms with E-state index >= 15 is 0 Å². The van der Waals surface area contributed by atoms with E-state index in [1.165, 1.54) is 0 Å². The molecule has 0 bridgehead atoms. The Kier molecular flexibility index (Phi) is 3.47. The number of hydrogen-bond acceptors (Lipinski definition) is 5. The van der Waals surface area contributed by atoms with Crippen molar-refractivity contribution in [2.45, 2.75) is 38.8 Å². The first-order chi connectivity index (χ1) is 8.06. The normalized spacial score (nSPS) is 25.8. The molecule has 94 valence electrons. The van der Waals surface area contributed by atoms with Gasteiger partial charge in [0.2, 0.25) is 5.95 Å². The van der Waals surface area contributed by atoms with Crippen molar-refractivity contribution in [3.05, 3.63) is 11.8 Å². The first-order valence-corrected chi connectivity index (χ1v) is 6.12. The van der Waals surface area contributed by atoms with Crippen LogP contribution >= 0.6 is 0 Å². The molecule has 2 heterocycles. The van der Waals surface area contributed by atoms with Gasteiger partial charge in [-0.3, -0.25) is 0 Å². The fraction of sp³-hybridized carbons (Fsp3) is 0.667. The summed E-state index contributed by atoms with van der Waals surface area (Å²) in [6.07, 6.45) is 4.05. The van der Waals surface area contributed by atoms with Crippen LogP contribution in [0.25, 0.3) is 0 Å². The molecule has 0 spiro atoms. The number of aromatic nitrogens is 2. The van der Waals surface area contributed by atoms with Crippen LogP contribution in [-0.2, 0) is 0 Å². The van der Waals surface area contributed by atoms with E-state index in [2.05, 4.69) is 34.2 Å². The van der Waals surface area contributed by atoms with Gasteiger partial charge < -0.3 is 16.0 Å². The molecule has 1 aliphatic rings. The summed E-state index contributed by atoms with van der Waals surface area (Å²) >= 11 is 0. The molecule has 1 saturated heterocycles. The molecule has 0 radical (unpaired) electrons. The maximum Gasteiger partial charge on any atom is 0.221 e. The van der Waals surface area contributed by atoms with Crippen LogP contribution in [0.3, 0.4) is 0 Å². The highest BCUT2D eigenvalue weighted by atomic mass is 15.2. The number of anilines is 2. The number of piperidine rings is 1. The number of nitrogens with zero attached hydrogens (tertiary/aromatic N) is 3. The first-order valence-electron chi connectivity index (χ1n) is 6.12. The lowest BCUT2D eigenvalue weighted by Gasteiger charge is -2.35. The minimum Gasteiger partial charge on any atom is -0.368 e. The number of nitrogens with one attached hydrogen (secondary N) is 1. The molecule has 5 heteroatoms. The second kappa shape index (κ2) is 4.87. The Hall–Kier alpha value is -1.36. The highest BCUT2D eigenvalue weighted by Crippen LogP contribution is 2.20. The summed E-state index contributed by atoms with van der Waals surface area (Å²) in [5, 5.41) is 3.48. The fourth-order valence-electron chi connectivity index (χ4n) is 2.22. The fourth-order valence-corrected chi connectivity index (χ4v) is 2.22. The van der Waals surface area contributed by atoms with Gasteiger partial charge in [0.1, 0.15) is 5.82 Å². The molecule has 1 fully saturated rings. The Labute approximate surface area is 102 Å². The maximum atomic E-state index is 5.61. The molecule has 17 heavy (non-hydrogen) atoms. The molecule has 0 aromatic carbocycles. The number of aryl methyl sites for hydroxylation is 1. The van der Waals surface area contributed by atoms with Crippen molar-refractivity contribution in [2.75, 3.05) is 24.6 Å². The van der Waals surface area contributed by atoms with E-state index in [-0.39, 0.29) is 0 Å². The highest BCUT2D eigenvalue weighted by Gasteiger charge is 2.23. The third-order valence-corrected chi connectivity index (χ3v) is 3.54. The number of likely N-dealkylation sites (tertiary alicyclic amines) is 1. The first kappa shape index (κ1) is 12.1. The molecule has 2 rings (SSSR count). The summed E-state index contributed by atoms with van der Waals surface area (Å²) in [6.45, 7) is 5.38. The SMILES string of the molecule is Cc1cnc(N)nc1NC1CCN(C)C(C)C1. The van der Waals surface area contributed by atoms with Crippen molar-refractivity contribution >= 4 is 11.8 Å². The van der Waals surface area contributed by atoms with Crippen LogP contribution in [-0.4, -0.2) is 40.5 Å². The smallest absolute Gasteiger partial charge is 0.221 e. The lowest BCUT2D eigenvalue weighted by atomic mass is 9.99. The van der Waals surface area contributed by atoms with Gasteiger partial charge in [-0.25, -0.2) is 4.98 Å². The van der Waals surface area contributed by atoms with E-state index in [0.717, 1.165) is 30.8 Å². The van der Waals surface area contributed by atoms with Gasteiger partial charge in [0, 0.05) is 30.4 Å². The molecule has 2 unspecified atom stereocenters. The van der Waals surface area contributed by atoms with Crippen LogP contribution in [0, 0.1) is 6.92 Å². The zero-order valence-corrected chi connectivity index (χ0v) is 10.8. The molecule has 1 aromatic heterocycles. The van der Waals surface area contributed by atoms with Crippen molar-refractivity contribution in [2.24, 2.45) is 0 Å². The van der Waals surface area contributed by atoms with Gasteiger partial charge in [-0.15, -0.1) is 0 Å². The van der Waals surface area contributed by atoms with Crippen LogP contribution in [0.2, 0.25) is 0 Å². The molecule has 5 nitrogen and oxygen atoms in total. The second-order valence-electron chi connectivity index (χ2n) is 4.96. The predicted octanol–water partition coefficient (Wildman–Crippen LogP) is 1.26. The number of nitrogens with two attached hydrogens (primary N) is 1. The molecule has 0 amide bonds. The molecular formula is C12H21N5. The largest absolute Gasteiger partial charge is 0.368 e. The molecule has 1 aromatic rings. The van der Waals surface area contributed by atoms with E-state index in [4.69, 9.17) is 5.73 Å². The molecule has 0 saturated carbocycles. The Balaban J connectivity index is 2.03. The van der Waals surface area contributed by atoms with Crippen molar-refractivity contribution in [1.82, 2.24) is 14.9 Å². The average molecular weight is 235 g/mol. The standard InChI is InChI=1S/C12H21N5/c1-8-7-14-12(13)16-11(8)15-10-4-5-17(3)9(2)6-10/h7,9-10H,4-6H2,1-3H3,(H3,13,14,15,16). The molecule has 0 aliphatic carbocycles. The van der Waals surface area contributed by atoms with Gasteiger partial charge >= 0.3 is 0 Å². The van der Waals surface area contributed by atoms with Crippen LogP contribution in [0.4, 0.5) is 11.8 Å². The summed E-state index contributed by atoms with van der Waals surface area (Å²) < 4.78 is 0. The van der Waals surface area contributed by atoms with Crippen LogP contribution in [0.5, 0.6) is 0 Å². The van der Waals surface area contributed by atoms with E-state index < -0.39 is 0 Å². The van der Waals surface area contributed by atoms with E-state index in [9.17, 15) is 0 Å². The van der Waals surface area contributed by atoms with Crippen molar-refractivity contribution < 1.29 is 0 Å². The van der Waals surface area contributed by atoms with Crippen LogP contribution < -0.4 is 11.1 Å². The second-order valence-corrected chi connectivity index (χ2v) is 4.96. The Bertz CT molecular complexity index is 392. The van der Waals surface area contributed by atoms with Gasteiger partial charge in [0.15, 0.2) is 0 Å². The molecular weight excluding hydrogens is 214 g/mol. The Morgan fingerprint density at radius 1 is 1.53 bits per heavy atom. The van der Waals surface area contributed by atoms with Crippen molar-refractivity contribution in [3.63, 3.8) is 0 Å². The summed E-state index contributed by atoms with van der Waals surface area (Å²) in [7, 11) is 2.18. The number of rotatable bonds is 2. The Morgan fingerprint density at radius 2 is 2.29 bits per heavy atom. The summed E-state index contributed by atoms with van der Waals surface area (Å²) in [4.78, 5) is 10.6. The van der Waals surface area contributed by atoms with Gasteiger partial charge in [0.25, 0.3) is 0 Å². The maximum absolute atomic E-state index is 5.61. The van der Waals surface area contributed by atoms with Crippen LogP contribution in [0.15, 0.2) is 6.20 Å². The van der Waals surface area contributed by atoms with Gasteiger partial charge in [-0.05, 0) is 33.7 Å². The zero-order chi connectivity index (χ0) is 12.4. The summed E-state index contributed by atoms with van der Waals surface area (Å²) in [6, 6.07) is 1.09. The summed E-state index contributed by atoms with van der Waals surface area (Å²) in [5.41, 5.74) is 6.66. The highest BCUT2D eigenvalue weighted by molar-refractivity contribution is 5.45. The van der Waals surface area contributed by atoms with Gasteiger partial charge in [0.05, 0.1) is 0 Å². The lowest BCUT2D eigenvalue weighted by molar-refractivity contribution is 0.190. The number of hydrogen-bond donors (Lipinski definition) is 2. The minimum absolute atomic E-state index is 0.332. The monoisotopic (exact) mass is 235 g/mol. The Morgan fingerprint density at radius 3 is 3.00 bits per heavy atom. The average Bonchev–Trinajstić information content (AvgIpc) is 2.29. The molecule has 2 atom stereocenters. The van der Waals surface area contributed by atoms with Crippen molar-refractivity contribution in [1.29, 1.82) is 0 Å². The van der Waals surface area contributed by atoms with Gasteiger partial charge in [-0.1, -0.05) is 0 Å². The molecule has 3 N–H and O–H groups in total. The van der Waals surface area contributed by atoms with Crippen LogP contribution in [0.1, 0.15) is 25.3 Å². The predicted molar refractivity (Wildman–Crippen MR) is 69.9 cm³/mol. The quantitative estimate of drug-likeness (QED) is 0.808. The molecule has 1 aliphatic heterocycles.